The van der Waals surface area contributed by atoms with E-state index in [9.17, 15) is 9.59 Å². The van der Waals surface area contributed by atoms with Gasteiger partial charge in [0, 0.05) is 5.02 Å². The first-order chi connectivity index (χ1) is 9.06. The predicted octanol–water partition coefficient (Wildman–Crippen LogP) is 1.37. The summed E-state index contributed by atoms with van der Waals surface area (Å²) < 4.78 is 1.58. The van der Waals surface area contributed by atoms with Crippen LogP contribution in [0.25, 0.3) is 16.0 Å². The normalized spacial score (nSPS) is 11.0. The van der Waals surface area contributed by atoms with Gasteiger partial charge in [-0.1, -0.05) is 29.0 Å². The second-order valence-electron chi connectivity index (χ2n) is 3.78. The smallest absolute Gasteiger partial charge is 0.334 e. The Kier molecular flexibility index (Phi) is 2.65. The molecule has 1 aromatic carbocycles. The minimum absolute atomic E-state index is 0.224. The molecule has 0 atom stereocenters. The predicted molar refractivity (Wildman–Crippen MR) is 75.3 cm³/mol. The van der Waals surface area contributed by atoms with Crippen LogP contribution in [-0.4, -0.2) is 14.5 Å². The van der Waals surface area contributed by atoms with Gasteiger partial charge in [0.05, 0.1) is 5.69 Å². The van der Waals surface area contributed by atoms with Crippen LogP contribution in [0.2, 0.25) is 5.02 Å². The van der Waals surface area contributed by atoms with Crippen LogP contribution in [-0.2, 0) is 0 Å². The highest BCUT2D eigenvalue weighted by Gasteiger charge is 2.13. The van der Waals surface area contributed by atoms with Crippen LogP contribution in [0.3, 0.4) is 0 Å². The van der Waals surface area contributed by atoms with Crippen molar-refractivity contribution in [1.29, 1.82) is 0 Å². The number of nitrogens with two attached hydrogens (primary N) is 1. The average molecular weight is 295 g/mol. The van der Waals surface area contributed by atoms with Crippen molar-refractivity contribution in [2.45, 2.75) is 0 Å². The van der Waals surface area contributed by atoms with Crippen LogP contribution in [0.1, 0.15) is 0 Å². The zero-order chi connectivity index (χ0) is 13.6. The van der Waals surface area contributed by atoms with E-state index in [0.717, 1.165) is 11.3 Å². The first-order valence-electron chi connectivity index (χ1n) is 5.23. The monoisotopic (exact) mass is 294 g/mol. The Morgan fingerprint density at radius 3 is 2.89 bits per heavy atom. The van der Waals surface area contributed by atoms with Crippen molar-refractivity contribution in [3.8, 4) is 5.69 Å². The molecular weight excluding hydrogens is 288 g/mol. The average Bonchev–Trinajstić information content (AvgIpc) is 2.71. The van der Waals surface area contributed by atoms with Crippen LogP contribution in [0.5, 0.6) is 0 Å². The van der Waals surface area contributed by atoms with E-state index in [2.05, 4.69) is 9.97 Å². The molecule has 8 heteroatoms. The number of benzene rings is 1. The van der Waals surface area contributed by atoms with Crippen molar-refractivity contribution in [1.82, 2.24) is 14.5 Å². The van der Waals surface area contributed by atoms with Gasteiger partial charge >= 0.3 is 5.69 Å². The second kappa shape index (κ2) is 4.22. The number of thiazole rings is 1. The van der Waals surface area contributed by atoms with Gasteiger partial charge in [0.1, 0.15) is 4.70 Å². The number of H-pyrrole nitrogens is 1. The van der Waals surface area contributed by atoms with Gasteiger partial charge in [-0.3, -0.25) is 9.78 Å². The molecule has 0 unspecified atom stereocenters. The Hall–Kier alpha value is -2.12. The van der Waals surface area contributed by atoms with Gasteiger partial charge in [-0.05, 0) is 18.2 Å². The fourth-order valence-electron chi connectivity index (χ4n) is 1.79. The summed E-state index contributed by atoms with van der Waals surface area (Å²) >= 11 is 6.94. The van der Waals surface area contributed by atoms with Crippen molar-refractivity contribution in [3.63, 3.8) is 0 Å². The lowest BCUT2D eigenvalue weighted by Crippen LogP contribution is -2.28. The summed E-state index contributed by atoms with van der Waals surface area (Å²) in [6, 6.07) is 6.70. The van der Waals surface area contributed by atoms with E-state index in [1.54, 1.807) is 24.3 Å². The van der Waals surface area contributed by atoms with Crippen LogP contribution in [0, 0.1) is 0 Å². The van der Waals surface area contributed by atoms with Gasteiger partial charge in [-0.2, -0.15) is 0 Å². The maximum atomic E-state index is 12.0. The Labute approximate surface area is 115 Å². The first kappa shape index (κ1) is 11.9. The molecule has 19 heavy (non-hydrogen) atoms. The van der Waals surface area contributed by atoms with Crippen LogP contribution in [0.4, 0.5) is 5.13 Å². The fraction of sp³-hybridized carbons (Fsp3) is 0. The number of aromatic amines is 1. The van der Waals surface area contributed by atoms with Crippen LogP contribution in [0.15, 0.2) is 33.9 Å². The minimum atomic E-state index is -0.579. The number of nitrogens with one attached hydrogen (secondary N) is 1. The van der Waals surface area contributed by atoms with E-state index < -0.39 is 11.2 Å². The van der Waals surface area contributed by atoms with Gasteiger partial charge in [0.25, 0.3) is 5.56 Å². The standard InChI is InChI=1S/C11H7ClN4O2S/c12-5-2-1-3-6(4-5)16-8-7(19-10(13)14-8)9(17)15-11(16)18/h1-4H,(H2,13,14)(H,15,17,18). The summed E-state index contributed by atoms with van der Waals surface area (Å²) in [4.78, 5) is 29.9. The lowest BCUT2D eigenvalue weighted by atomic mass is 10.3. The maximum Gasteiger partial charge on any atom is 0.334 e. The van der Waals surface area contributed by atoms with Gasteiger partial charge in [-0.25, -0.2) is 14.3 Å². The molecule has 6 nitrogen and oxygen atoms in total. The molecule has 2 heterocycles. The summed E-state index contributed by atoms with van der Waals surface area (Å²) in [5.74, 6) is 0. The zero-order valence-corrected chi connectivity index (χ0v) is 11.0. The summed E-state index contributed by atoms with van der Waals surface area (Å²) in [5.41, 5.74) is 5.28. The lowest BCUT2D eigenvalue weighted by molar-refractivity contribution is 0.933. The number of hydrogen-bond acceptors (Lipinski definition) is 5. The summed E-state index contributed by atoms with van der Waals surface area (Å²) in [5, 5.41) is 0.703. The molecule has 0 saturated carbocycles. The fourth-order valence-corrected chi connectivity index (χ4v) is 2.69. The molecule has 0 spiro atoms. The number of nitrogens with zero attached hydrogens (tertiary/aromatic N) is 2. The number of nitrogen functional groups attached to an aromatic ring is 1. The molecule has 0 amide bonds. The van der Waals surface area contributed by atoms with Crippen molar-refractivity contribution in [2.75, 3.05) is 5.73 Å². The highest BCUT2D eigenvalue weighted by molar-refractivity contribution is 7.21. The Bertz CT molecular complexity index is 896. The molecule has 3 rings (SSSR count). The molecule has 0 bridgehead atoms. The SMILES string of the molecule is Nc1nc2c(s1)c(=O)[nH]c(=O)n2-c1cccc(Cl)c1. The summed E-state index contributed by atoms with van der Waals surface area (Å²) in [6.45, 7) is 0. The highest BCUT2D eigenvalue weighted by Crippen LogP contribution is 2.22. The number of halogens is 1. The van der Waals surface area contributed by atoms with Gasteiger partial charge < -0.3 is 5.73 Å². The van der Waals surface area contributed by atoms with Crippen molar-refractivity contribution in [3.05, 3.63) is 50.1 Å². The number of rotatable bonds is 1. The van der Waals surface area contributed by atoms with E-state index in [4.69, 9.17) is 17.3 Å². The molecule has 3 aromatic rings. The van der Waals surface area contributed by atoms with E-state index in [1.165, 1.54) is 4.57 Å². The van der Waals surface area contributed by atoms with E-state index >= 15 is 0 Å². The van der Waals surface area contributed by atoms with Crippen LogP contribution < -0.4 is 17.0 Å². The Morgan fingerprint density at radius 1 is 1.37 bits per heavy atom. The van der Waals surface area contributed by atoms with Gasteiger partial charge in [0.2, 0.25) is 0 Å². The molecule has 0 aliphatic rings. The van der Waals surface area contributed by atoms with Gasteiger partial charge in [-0.15, -0.1) is 0 Å². The number of anilines is 1. The summed E-state index contributed by atoms with van der Waals surface area (Å²) in [6.07, 6.45) is 0. The largest absolute Gasteiger partial charge is 0.375 e. The quantitative estimate of drug-likeness (QED) is 0.709. The number of aromatic nitrogens is 3. The third-order valence-electron chi connectivity index (χ3n) is 2.53. The van der Waals surface area contributed by atoms with Crippen molar-refractivity contribution < 1.29 is 0 Å². The number of hydrogen-bond donors (Lipinski definition) is 2. The first-order valence-corrected chi connectivity index (χ1v) is 6.43. The summed E-state index contributed by atoms with van der Waals surface area (Å²) in [7, 11) is 0. The van der Waals surface area contributed by atoms with Crippen molar-refractivity contribution in [2.24, 2.45) is 0 Å². The van der Waals surface area contributed by atoms with E-state index in [0.29, 0.717) is 15.4 Å². The minimum Gasteiger partial charge on any atom is -0.375 e. The molecule has 2 aromatic heterocycles. The topological polar surface area (TPSA) is 93.8 Å². The number of fused-ring (bicyclic) bond motifs is 1. The maximum absolute atomic E-state index is 12.0. The molecule has 3 N–H and O–H groups in total. The molecule has 0 fully saturated rings. The molecule has 0 radical (unpaired) electrons. The zero-order valence-electron chi connectivity index (χ0n) is 9.38. The van der Waals surface area contributed by atoms with Crippen LogP contribution >= 0.6 is 22.9 Å². The molecule has 0 aliphatic heterocycles. The Balaban J connectivity index is 2.47. The van der Waals surface area contributed by atoms with E-state index in [1.807, 2.05) is 0 Å². The highest BCUT2D eigenvalue weighted by atomic mass is 35.5. The van der Waals surface area contributed by atoms with Gasteiger partial charge in [0.15, 0.2) is 10.8 Å². The Morgan fingerprint density at radius 2 is 2.16 bits per heavy atom. The second-order valence-corrected chi connectivity index (χ2v) is 5.25. The van der Waals surface area contributed by atoms with E-state index in [-0.39, 0.29) is 10.8 Å². The lowest BCUT2D eigenvalue weighted by Gasteiger charge is -2.05. The van der Waals surface area contributed by atoms with Crippen molar-refractivity contribution >= 4 is 38.4 Å². The third-order valence-corrected chi connectivity index (χ3v) is 3.64. The molecule has 0 aliphatic carbocycles. The molecular formula is C11H7ClN4O2S. The molecule has 96 valence electrons. The molecule has 0 saturated heterocycles. The third kappa shape index (κ3) is 1.92.